The second kappa shape index (κ2) is 8.80. The molecule has 0 aliphatic carbocycles. The number of aromatic nitrogens is 2. The Morgan fingerprint density at radius 1 is 1.14 bits per heavy atom. The summed E-state index contributed by atoms with van der Waals surface area (Å²) in [7, 11) is 0. The summed E-state index contributed by atoms with van der Waals surface area (Å²) in [5.74, 6) is 1.23. The second-order valence-electron chi connectivity index (χ2n) is 6.89. The standard InChI is InChI=1S/C22H26N2O3S/c1-5-24-21(26)18-8-6-7-9-19(18)23-22(24)28-13-17(25)12-27-20-15(3)11-10-14(2)16(20)4/h6-11,17,25H,5,12-13H2,1-4H3/t17-/m1/s1. The number of aliphatic hydroxyl groups excluding tert-OH is 1. The number of fused-ring (bicyclic) bond motifs is 1. The maximum atomic E-state index is 12.7. The Morgan fingerprint density at radius 3 is 2.61 bits per heavy atom. The zero-order chi connectivity index (χ0) is 20.3. The summed E-state index contributed by atoms with van der Waals surface area (Å²) in [4.78, 5) is 17.3. The van der Waals surface area contributed by atoms with E-state index >= 15 is 0 Å². The smallest absolute Gasteiger partial charge is 0.262 e. The van der Waals surface area contributed by atoms with Gasteiger partial charge in [-0.15, -0.1) is 0 Å². The van der Waals surface area contributed by atoms with Crippen molar-refractivity contribution in [3.05, 3.63) is 63.4 Å². The first kappa shape index (κ1) is 20.4. The number of nitrogens with zero attached hydrogens (tertiary/aromatic N) is 2. The fourth-order valence-corrected chi connectivity index (χ4v) is 4.05. The van der Waals surface area contributed by atoms with Crippen LogP contribution >= 0.6 is 11.8 Å². The molecule has 28 heavy (non-hydrogen) atoms. The predicted molar refractivity (Wildman–Crippen MR) is 115 cm³/mol. The number of hydrogen-bond donors (Lipinski definition) is 1. The molecule has 148 valence electrons. The van der Waals surface area contributed by atoms with Crippen molar-refractivity contribution in [2.24, 2.45) is 0 Å². The van der Waals surface area contributed by atoms with E-state index in [4.69, 9.17) is 4.74 Å². The lowest BCUT2D eigenvalue weighted by molar-refractivity contribution is 0.125. The maximum absolute atomic E-state index is 12.7. The van der Waals surface area contributed by atoms with Crippen LogP contribution in [0, 0.1) is 20.8 Å². The fourth-order valence-electron chi connectivity index (χ4n) is 3.08. The van der Waals surface area contributed by atoms with Crippen LogP contribution < -0.4 is 10.3 Å². The number of para-hydroxylation sites is 1. The van der Waals surface area contributed by atoms with Gasteiger partial charge < -0.3 is 9.84 Å². The molecule has 0 radical (unpaired) electrons. The molecule has 0 saturated heterocycles. The summed E-state index contributed by atoms with van der Waals surface area (Å²) in [5.41, 5.74) is 3.94. The topological polar surface area (TPSA) is 64.3 Å². The van der Waals surface area contributed by atoms with Crippen molar-refractivity contribution in [1.29, 1.82) is 0 Å². The molecule has 3 rings (SSSR count). The molecule has 1 N–H and O–H groups in total. The van der Waals surface area contributed by atoms with Gasteiger partial charge in [0.05, 0.1) is 17.0 Å². The highest BCUT2D eigenvalue weighted by molar-refractivity contribution is 7.99. The predicted octanol–water partition coefficient (Wildman–Crippen LogP) is 3.87. The Morgan fingerprint density at radius 2 is 1.86 bits per heavy atom. The van der Waals surface area contributed by atoms with Gasteiger partial charge in [-0.05, 0) is 56.5 Å². The van der Waals surface area contributed by atoms with Crippen molar-refractivity contribution in [2.45, 2.75) is 45.5 Å². The molecule has 0 aliphatic heterocycles. The van der Waals surface area contributed by atoms with Crippen molar-refractivity contribution in [1.82, 2.24) is 9.55 Å². The van der Waals surface area contributed by atoms with Crippen LogP contribution in [0.2, 0.25) is 0 Å². The average Bonchev–Trinajstić information content (AvgIpc) is 2.69. The van der Waals surface area contributed by atoms with Gasteiger partial charge in [0.15, 0.2) is 5.16 Å². The third kappa shape index (κ3) is 4.23. The molecule has 0 spiro atoms. The normalized spacial score (nSPS) is 12.3. The first-order chi connectivity index (χ1) is 13.4. The lowest BCUT2D eigenvalue weighted by Gasteiger charge is -2.17. The van der Waals surface area contributed by atoms with Crippen LogP contribution in [0.3, 0.4) is 0 Å². The van der Waals surface area contributed by atoms with Gasteiger partial charge in [-0.2, -0.15) is 0 Å². The zero-order valence-corrected chi connectivity index (χ0v) is 17.5. The Hall–Kier alpha value is -2.31. The van der Waals surface area contributed by atoms with Gasteiger partial charge in [0.1, 0.15) is 12.4 Å². The van der Waals surface area contributed by atoms with E-state index in [0.717, 1.165) is 22.4 Å². The monoisotopic (exact) mass is 398 g/mol. The van der Waals surface area contributed by atoms with E-state index in [9.17, 15) is 9.90 Å². The van der Waals surface area contributed by atoms with Crippen LogP contribution in [-0.4, -0.2) is 33.1 Å². The molecule has 2 aromatic carbocycles. The molecule has 0 bridgehead atoms. The fraction of sp³-hybridized carbons (Fsp3) is 0.364. The Kier molecular flexibility index (Phi) is 6.42. The highest BCUT2D eigenvalue weighted by atomic mass is 32.2. The summed E-state index contributed by atoms with van der Waals surface area (Å²) in [6.07, 6.45) is -0.669. The third-order valence-electron chi connectivity index (χ3n) is 4.84. The van der Waals surface area contributed by atoms with Gasteiger partial charge in [-0.25, -0.2) is 4.98 Å². The van der Waals surface area contributed by atoms with Crippen molar-refractivity contribution in [3.63, 3.8) is 0 Å². The van der Waals surface area contributed by atoms with E-state index in [-0.39, 0.29) is 12.2 Å². The average molecular weight is 399 g/mol. The summed E-state index contributed by atoms with van der Waals surface area (Å²) < 4.78 is 7.55. The molecule has 0 fully saturated rings. The number of rotatable bonds is 7. The molecular weight excluding hydrogens is 372 g/mol. The number of ether oxygens (including phenoxy) is 1. The highest BCUT2D eigenvalue weighted by Crippen LogP contribution is 2.26. The van der Waals surface area contributed by atoms with Gasteiger partial charge in [0, 0.05) is 12.3 Å². The minimum Gasteiger partial charge on any atom is -0.490 e. The molecule has 0 saturated carbocycles. The highest BCUT2D eigenvalue weighted by Gasteiger charge is 2.14. The van der Waals surface area contributed by atoms with Crippen molar-refractivity contribution >= 4 is 22.7 Å². The van der Waals surface area contributed by atoms with E-state index in [1.165, 1.54) is 11.8 Å². The number of aryl methyl sites for hydroxylation is 2. The quantitative estimate of drug-likeness (QED) is 0.483. The number of aliphatic hydroxyl groups is 1. The summed E-state index contributed by atoms with van der Waals surface area (Å²) in [6.45, 7) is 8.73. The lowest BCUT2D eigenvalue weighted by atomic mass is 10.1. The molecule has 1 atom stereocenters. The van der Waals surface area contributed by atoms with Crippen LogP contribution in [0.25, 0.3) is 10.9 Å². The maximum Gasteiger partial charge on any atom is 0.262 e. The molecule has 1 aromatic heterocycles. The molecule has 5 nitrogen and oxygen atoms in total. The van der Waals surface area contributed by atoms with Crippen LogP contribution in [0.4, 0.5) is 0 Å². The first-order valence-corrected chi connectivity index (χ1v) is 10.4. The van der Waals surface area contributed by atoms with Gasteiger partial charge in [0.2, 0.25) is 0 Å². The van der Waals surface area contributed by atoms with Crippen LogP contribution in [0.5, 0.6) is 5.75 Å². The number of thioether (sulfide) groups is 1. The van der Waals surface area contributed by atoms with Crippen molar-refractivity contribution < 1.29 is 9.84 Å². The molecule has 6 heteroatoms. The first-order valence-electron chi connectivity index (χ1n) is 9.42. The van der Waals surface area contributed by atoms with E-state index in [1.54, 1.807) is 10.6 Å². The Balaban J connectivity index is 1.71. The molecule has 1 heterocycles. The Labute approximate surface area is 169 Å². The molecule has 0 aliphatic rings. The summed E-state index contributed by atoms with van der Waals surface area (Å²) in [5, 5.41) is 11.6. The van der Waals surface area contributed by atoms with Crippen LogP contribution in [-0.2, 0) is 6.54 Å². The van der Waals surface area contributed by atoms with Gasteiger partial charge in [0.25, 0.3) is 5.56 Å². The van der Waals surface area contributed by atoms with E-state index in [1.807, 2.05) is 52.0 Å². The minimum atomic E-state index is -0.669. The largest absolute Gasteiger partial charge is 0.490 e. The SMILES string of the molecule is CCn1c(SC[C@H](O)COc2c(C)ccc(C)c2C)nc2ccccc2c1=O. The van der Waals surface area contributed by atoms with Crippen molar-refractivity contribution in [3.8, 4) is 5.75 Å². The van der Waals surface area contributed by atoms with Crippen LogP contribution in [0.1, 0.15) is 23.6 Å². The molecule has 3 aromatic rings. The summed E-state index contributed by atoms with van der Waals surface area (Å²) >= 11 is 1.38. The van der Waals surface area contributed by atoms with Crippen molar-refractivity contribution in [2.75, 3.05) is 12.4 Å². The minimum absolute atomic E-state index is 0.0487. The Bertz CT molecular complexity index is 1050. The van der Waals surface area contributed by atoms with Crippen LogP contribution in [0.15, 0.2) is 46.3 Å². The second-order valence-corrected chi connectivity index (χ2v) is 7.88. The summed E-state index contributed by atoms with van der Waals surface area (Å²) in [6, 6.07) is 11.4. The third-order valence-corrected chi connectivity index (χ3v) is 5.96. The number of benzene rings is 2. The van der Waals surface area contributed by atoms with E-state index in [0.29, 0.717) is 28.4 Å². The lowest BCUT2D eigenvalue weighted by Crippen LogP contribution is -2.24. The van der Waals surface area contributed by atoms with Gasteiger partial charge >= 0.3 is 0 Å². The van der Waals surface area contributed by atoms with Gasteiger partial charge in [-0.1, -0.05) is 36.0 Å². The van der Waals surface area contributed by atoms with E-state index in [2.05, 4.69) is 11.1 Å². The van der Waals surface area contributed by atoms with E-state index < -0.39 is 6.10 Å². The molecule has 0 amide bonds. The van der Waals surface area contributed by atoms with Gasteiger partial charge in [-0.3, -0.25) is 9.36 Å². The molecular formula is C22H26N2O3S. The molecule has 0 unspecified atom stereocenters. The zero-order valence-electron chi connectivity index (χ0n) is 16.7. The number of hydrogen-bond acceptors (Lipinski definition) is 5.